The lowest BCUT2D eigenvalue weighted by molar-refractivity contribution is 0.387. The van der Waals surface area contributed by atoms with Gasteiger partial charge in [-0.25, -0.2) is 0 Å². The molecule has 21 heavy (non-hydrogen) atoms. The van der Waals surface area contributed by atoms with Crippen molar-refractivity contribution in [2.24, 2.45) is 0 Å². The van der Waals surface area contributed by atoms with Gasteiger partial charge in [0.15, 0.2) is 0 Å². The van der Waals surface area contributed by atoms with Gasteiger partial charge in [-0.15, -0.1) is 0 Å². The summed E-state index contributed by atoms with van der Waals surface area (Å²) in [6.07, 6.45) is 1.81. The fourth-order valence-corrected chi connectivity index (χ4v) is 2.29. The zero-order chi connectivity index (χ0) is 14.5. The van der Waals surface area contributed by atoms with E-state index in [4.69, 9.17) is 4.52 Å². The predicted octanol–water partition coefficient (Wildman–Crippen LogP) is 3.26. The smallest absolute Gasteiger partial charge is 0.133 e. The first-order valence-corrected chi connectivity index (χ1v) is 6.94. The molecule has 0 radical (unpaired) electrons. The van der Waals surface area contributed by atoms with Gasteiger partial charge < -0.3 is 4.52 Å². The zero-order valence-corrected chi connectivity index (χ0v) is 11.9. The Morgan fingerprint density at radius 3 is 2.57 bits per heavy atom. The lowest BCUT2D eigenvalue weighted by Gasteiger charge is -2.18. The number of hydrogen-bond acceptors (Lipinski definition) is 4. The lowest BCUT2D eigenvalue weighted by atomic mass is 10.0. The third kappa shape index (κ3) is 3.35. The number of benzene rings is 1. The van der Waals surface area contributed by atoms with Crippen molar-refractivity contribution in [2.45, 2.75) is 19.5 Å². The van der Waals surface area contributed by atoms with E-state index in [2.05, 4.69) is 27.6 Å². The van der Waals surface area contributed by atoms with Gasteiger partial charge in [0.05, 0.1) is 17.4 Å². The zero-order valence-electron chi connectivity index (χ0n) is 11.9. The quantitative estimate of drug-likeness (QED) is 0.779. The van der Waals surface area contributed by atoms with Crippen LogP contribution in [0.4, 0.5) is 0 Å². The molecular formula is C17H17N3O. The summed E-state index contributed by atoms with van der Waals surface area (Å²) in [7, 11) is 0. The van der Waals surface area contributed by atoms with Crippen molar-refractivity contribution in [3.8, 4) is 0 Å². The molecule has 2 aromatic heterocycles. The average molecular weight is 279 g/mol. The molecule has 4 nitrogen and oxygen atoms in total. The minimum Gasteiger partial charge on any atom is -0.361 e. The van der Waals surface area contributed by atoms with Gasteiger partial charge in [0, 0.05) is 18.8 Å². The first-order chi connectivity index (χ1) is 10.3. The third-order valence-corrected chi connectivity index (χ3v) is 3.28. The maximum absolute atomic E-state index is 5.10. The third-order valence-electron chi connectivity index (χ3n) is 3.28. The van der Waals surface area contributed by atoms with Gasteiger partial charge in [-0.05, 0) is 24.6 Å². The van der Waals surface area contributed by atoms with Gasteiger partial charge >= 0.3 is 0 Å². The molecule has 3 aromatic rings. The molecule has 0 bridgehead atoms. The van der Waals surface area contributed by atoms with Crippen molar-refractivity contribution >= 4 is 0 Å². The highest BCUT2D eigenvalue weighted by atomic mass is 16.5. The standard InChI is InChI=1S/C17H17N3O/c1-13-11-15(20-21-13)12-19-17(14-7-3-2-4-8-14)16-9-5-6-10-18-16/h2-11,17,19H,12H2,1H3. The van der Waals surface area contributed by atoms with Gasteiger partial charge in [0.25, 0.3) is 0 Å². The molecule has 3 rings (SSSR count). The molecule has 0 saturated carbocycles. The van der Waals surface area contributed by atoms with Crippen LogP contribution in [0.1, 0.15) is 28.8 Å². The van der Waals surface area contributed by atoms with Crippen LogP contribution in [0.15, 0.2) is 65.3 Å². The van der Waals surface area contributed by atoms with Crippen LogP contribution in [0.25, 0.3) is 0 Å². The molecule has 2 heterocycles. The Bertz CT molecular complexity index is 640. The predicted molar refractivity (Wildman–Crippen MR) is 80.6 cm³/mol. The van der Waals surface area contributed by atoms with E-state index in [-0.39, 0.29) is 6.04 Å². The fourth-order valence-electron chi connectivity index (χ4n) is 2.29. The molecule has 0 spiro atoms. The largest absolute Gasteiger partial charge is 0.361 e. The molecule has 1 unspecified atom stereocenters. The second-order valence-electron chi connectivity index (χ2n) is 4.91. The molecule has 0 saturated heterocycles. The molecule has 0 aliphatic heterocycles. The van der Waals surface area contributed by atoms with Gasteiger partial charge in [-0.2, -0.15) is 0 Å². The molecule has 1 aromatic carbocycles. The highest BCUT2D eigenvalue weighted by Gasteiger charge is 2.15. The Labute approximate surface area is 123 Å². The molecule has 0 fully saturated rings. The molecule has 1 atom stereocenters. The molecular weight excluding hydrogens is 262 g/mol. The molecule has 1 N–H and O–H groups in total. The summed E-state index contributed by atoms with van der Waals surface area (Å²) in [6, 6.07) is 18.2. The second kappa shape index (κ2) is 6.33. The molecule has 0 amide bonds. The molecule has 4 heteroatoms. The summed E-state index contributed by atoms with van der Waals surface area (Å²) >= 11 is 0. The van der Waals surface area contributed by atoms with Crippen LogP contribution in [0.3, 0.4) is 0 Å². The SMILES string of the molecule is Cc1cc(CNC(c2ccccc2)c2ccccn2)no1. The maximum Gasteiger partial charge on any atom is 0.133 e. The highest BCUT2D eigenvalue weighted by molar-refractivity contribution is 5.27. The number of rotatable bonds is 5. The van der Waals surface area contributed by atoms with Crippen molar-refractivity contribution in [3.05, 3.63) is 83.5 Å². The van der Waals surface area contributed by atoms with Crippen LogP contribution in [0.2, 0.25) is 0 Å². The van der Waals surface area contributed by atoms with Crippen LogP contribution >= 0.6 is 0 Å². The van der Waals surface area contributed by atoms with Gasteiger partial charge in [0.1, 0.15) is 5.76 Å². The number of nitrogens with one attached hydrogen (secondary N) is 1. The van der Waals surface area contributed by atoms with Crippen LogP contribution in [-0.4, -0.2) is 10.1 Å². The van der Waals surface area contributed by atoms with Crippen LogP contribution in [0, 0.1) is 6.92 Å². The number of aryl methyl sites for hydroxylation is 1. The Balaban J connectivity index is 1.83. The minimum atomic E-state index is 0.0319. The summed E-state index contributed by atoms with van der Waals surface area (Å²) in [5.41, 5.74) is 3.06. The van der Waals surface area contributed by atoms with E-state index in [0.717, 1.165) is 17.1 Å². The van der Waals surface area contributed by atoms with E-state index in [9.17, 15) is 0 Å². The number of hydrogen-bond donors (Lipinski definition) is 1. The van der Waals surface area contributed by atoms with Crippen molar-refractivity contribution in [3.63, 3.8) is 0 Å². The normalized spacial score (nSPS) is 12.2. The summed E-state index contributed by atoms with van der Waals surface area (Å²) in [5.74, 6) is 0.820. The molecule has 0 aliphatic carbocycles. The fraction of sp³-hybridized carbons (Fsp3) is 0.176. The van der Waals surface area contributed by atoms with Crippen LogP contribution < -0.4 is 5.32 Å². The van der Waals surface area contributed by atoms with Gasteiger partial charge in [-0.1, -0.05) is 41.6 Å². The van der Waals surface area contributed by atoms with Crippen molar-refractivity contribution in [2.75, 3.05) is 0 Å². The van der Waals surface area contributed by atoms with Crippen LogP contribution in [0.5, 0.6) is 0 Å². The van der Waals surface area contributed by atoms with Crippen LogP contribution in [-0.2, 0) is 6.54 Å². The summed E-state index contributed by atoms with van der Waals surface area (Å²) in [4.78, 5) is 4.47. The van der Waals surface area contributed by atoms with Gasteiger partial charge in [0.2, 0.25) is 0 Å². The Hall–Kier alpha value is -2.46. The number of pyridine rings is 1. The number of nitrogens with zero attached hydrogens (tertiary/aromatic N) is 2. The minimum absolute atomic E-state index is 0.0319. The van der Waals surface area contributed by atoms with E-state index in [1.165, 1.54) is 5.56 Å². The summed E-state index contributed by atoms with van der Waals surface area (Å²) in [5, 5.41) is 7.51. The Kier molecular flexibility index (Phi) is 4.07. The summed E-state index contributed by atoms with van der Waals surface area (Å²) in [6.45, 7) is 2.53. The highest BCUT2D eigenvalue weighted by Crippen LogP contribution is 2.20. The monoisotopic (exact) mass is 279 g/mol. The Morgan fingerprint density at radius 2 is 1.90 bits per heavy atom. The lowest BCUT2D eigenvalue weighted by Crippen LogP contribution is -2.23. The maximum atomic E-state index is 5.10. The van der Waals surface area contributed by atoms with Crippen molar-refractivity contribution in [1.29, 1.82) is 0 Å². The first-order valence-electron chi connectivity index (χ1n) is 6.94. The molecule has 0 aliphatic rings. The van der Waals surface area contributed by atoms with E-state index >= 15 is 0 Å². The van der Waals surface area contributed by atoms with Crippen molar-refractivity contribution < 1.29 is 4.52 Å². The second-order valence-corrected chi connectivity index (χ2v) is 4.91. The summed E-state index contributed by atoms with van der Waals surface area (Å²) < 4.78 is 5.10. The van der Waals surface area contributed by atoms with E-state index in [0.29, 0.717) is 6.54 Å². The van der Waals surface area contributed by atoms with E-state index in [1.54, 1.807) is 0 Å². The molecule has 106 valence electrons. The average Bonchev–Trinajstić information content (AvgIpc) is 2.95. The first kappa shape index (κ1) is 13.5. The number of aromatic nitrogens is 2. The topological polar surface area (TPSA) is 51.0 Å². The van der Waals surface area contributed by atoms with E-state index in [1.807, 2.05) is 55.6 Å². The Morgan fingerprint density at radius 1 is 1.10 bits per heavy atom. The van der Waals surface area contributed by atoms with Gasteiger partial charge in [-0.3, -0.25) is 10.3 Å². The van der Waals surface area contributed by atoms with E-state index < -0.39 is 0 Å². The van der Waals surface area contributed by atoms with Crippen molar-refractivity contribution in [1.82, 2.24) is 15.5 Å².